The first kappa shape index (κ1) is 18.0. The Labute approximate surface area is 151 Å². The lowest BCUT2D eigenvalue weighted by molar-refractivity contribution is -0.140. The number of likely N-dealkylation sites (tertiary alicyclic amines) is 1. The maximum absolute atomic E-state index is 13.2. The van der Waals surface area contributed by atoms with Gasteiger partial charge in [-0.15, -0.1) is 0 Å². The molecular weight excluding hydrogens is 334 g/mol. The Hall–Kier alpha value is -2.84. The Morgan fingerprint density at radius 3 is 2.81 bits per heavy atom. The molecule has 1 fully saturated rings. The SMILES string of the molecule is CC(=O)NCc1cncc([C@@H]2CCCN2C(=O)C(C)(C)n2cncn2)n1. The minimum atomic E-state index is -0.833. The molecule has 9 heteroatoms. The Morgan fingerprint density at radius 2 is 2.12 bits per heavy atom. The molecule has 1 atom stereocenters. The van der Waals surface area contributed by atoms with Gasteiger partial charge in [-0.05, 0) is 26.7 Å². The van der Waals surface area contributed by atoms with Crippen molar-refractivity contribution in [2.75, 3.05) is 6.54 Å². The summed E-state index contributed by atoms with van der Waals surface area (Å²) in [5.74, 6) is -0.149. The second kappa shape index (κ2) is 7.19. The van der Waals surface area contributed by atoms with Crippen molar-refractivity contribution in [2.45, 2.75) is 51.7 Å². The molecule has 0 bridgehead atoms. The van der Waals surface area contributed by atoms with E-state index < -0.39 is 5.54 Å². The van der Waals surface area contributed by atoms with Crippen LogP contribution in [-0.4, -0.2) is 48.0 Å². The Kier molecular flexibility index (Phi) is 4.97. The van der Waals surface area contributed by atoms with Gasteiger partial charge in [-0.3, -0.25) is 19.6 Å². The third-order valence-corrected chi connectivity index (χ3v) is 4.59. The fourth-order valence-corrected chi connectivity index (χ4v) is 3.15. The molecule has 0 radical (unpaired) electrons. The summed E-state index contributed by atoms with van der Waals surface area (Å²) in [6, 6.07) is -0.130. The molecule has 2 amide bonds. The molecule has 9 nitrogen and oxygen atoms in total. The van der Waals surface area contributed by atoms with Crippen LogP contribution in [0.5, 0.6) is 0 Å². The zero-order valence-electron chi connectivity index (χ0n) is 15.2. The molecule has 1 aliphatic heterocycles. The van der Waals surface area contributed by atoms with Crippen LogP contribution >= 0.6 is 0 Å². The molecule has 0 aliphatic carbocycles. The van der Waals surface area contributed by atoms with Crippen LogP contribution in [0.2, 0.25) is 0 Å². The fourth-order valence-electron chi connectivity index (χ4n) is 3.15. The third kappa shape index (κ3) is 3.56. The van der Waals surface area contributed by atoms with Gasteiger partial charge in [-0.2, -0.15) is 5.10 Å². The van der Waals surface area contributed by atoms with Gasteiger partial charge in [-0.25, -0.2) is 9.67 Å². The number of hydrogen-bond acceptors (Lipinski definition) is 6. The molecule has 3 rings (SSSR count). The standard InChI is InChI=1S/C17H23N7O2/c1-12(25)20-8-13-7-18-9-14(22-13)15-5-4-6-23(15)16(26)17(2,3)24-11-19-10-21-24/h7,9-11,15H,4-6,8H2,1-3H3,(H,20,25)/t15-/m0/s1. The number of aromatic nitrogens is 5. The van der Waals surface area contributed by atoms with Gasteiger partial charge < -0.3 is 10.2 Å². The van der Waals surface area contributed by atoms with Gasteiger partial charge in [0.05, 0.1) is 36.4 Å². The third-order valence-electron chi connectivity index (χ3n) is 4.59. The molecule has 0 aromatic carbocycles. The van der Waals surface area contributed by atoms with Gasteiger partial charge in [0.2, 0.25) is 5.91 Å². The van der Waals surface area contributed by atoms with E-state index in [2.05, 4.69) is 25.4 Å². The van der Waals surface area contributed by atoms with Crippen molar-refractivity contribution in [1.82, 2.24) is 34.9 Å². The lowest BCUT2D eigenvalue weighted by Gasteiger charge is -2.32. The quantitative estimate of drug-likeness (QED) is 0.848. The van der Waals surface area contributed by atoms with E-state index in [9.17, 15) is 9.59 Å². The molecular formula is C17H23N7O2. The van der Waals surface area contributed by atoms with Crippen LogP contribution in [0.1, 0.15) is 51.0 Å². The number of carbonyl (C=O) groups is 2. The topological polar surface area (TPSA) is 106 Å². The van der Waals surface area contributed by atoms with E-state index in [1.165, 1.54) is 13.3 Å². The zero-order chi connectivity index (χ0) is 18.7. The highest BCUT2D eigenvalue weighted by Crippen LogP contribution is 2.33. The lowest BCUT2D eigenvalue weighted by Crippen LogP contribution is -2.47. The Bertz CT molecular complexity index is 788. The highest BCUT2D eigenvalue weighted by atomic mass is 16.2. The van der Waals surface area contributed by atoms with Crippen LogP contribution in [0.15, 0.2) is 25.0 Å². The zero-order valence-corrected chi connectivity index (χ0v) is 15.2. The van der Waals surface area contributed by atoms with Crippen molar-refractivity contribution in [3.8, 4) is 0 Å². The van der Waals surface area contributed by atoms with Crippen molar-refractivity contribution < 1.29 is 9.59 Å². The summed E-state index contributed by atoms with van der Waals surface area (Å²) >= 11 is 0. The van der Waals surface area contributed by atoms with Gasteiger partial charge in [0.25, 0.3) is 5.91 Å². The molecule has 2 aromatic rings. The van der Waals surface area contributed by atoms with Crippen LogP contribution < -0.4 is 5.32 Å². The van der Waals surface area contributed by atoms with E-state index in [0.29, 0.717) is 18.8 Å². The predicted octanol–water partition coefficient (Wildman–Crippen LogP) is 0.803. The van der Waals surface area contributed by atoms with Crippen LogP contribution in [0.4, 0.5) is 0 Å². The van der Waals surface area contributed by atoms with Gasteiger partial charge in [0, 0.05) is 13.5 Å². The minimum Gasteiger partial charge on any atom is -0.351 e. The lowest BCUT2D eigenvalue weighted by atomic mass is 10.0. The fraction of sp³-hybridized carbons (Fsp3) is 0.529. The van der Waals surface area contributed by atoms with Gasteiger partial charge >= 0.3 is 0 Å². The molecule has 1 saturated heterocycles. The molecule has 1 N–H and O–H groups in total. The monoisotopic (exact) mass is 357 g/mol. The van der Waals surface area contributed by atoms with Crippen LogP contribution in [-0.2, 0) is 21.7 Å². The van der Waals surface area contributed by atoms with E-state index in [1.807, 2.05) is 18.7 Å². The number of rotatable bonds is 5. The first-order valence-corrected chi connectivity index (χ1v) is 8.61. The van der Waals surface area contributed by atoms with Crippen molar-refractivity contribution in [3.63, 3.8) is 0 Å². The van der Waals surface area contributed by atoms with Crippen LogP contribution in [0.3, 0.4) is 0 Å². The van der Waals surface area contributed by atoms with Crippen molar-refractivity contribution in [3.05, 3.63) is 36.4 Å². The Morgan fingerprint density at radius 1 is 1.31 bits per heavy atom. The van der Waals surface area contributed by atoms with E-state index in [1.54, 1.807) is 23.4 Å². The number of carbonyl (C=O) groups excluding carboxylic acids is 2. The number of nitrogens with zero attached hydrogens (tertiary/aromatic N) is 6. The van der Waals surface area contributed by atoms with Gasteiger partial charge in [0.1, 0.15) is 18.2 Å². The number of amides is 2. The molecule has 138 valence electrons. The summed E-state index contributed by atoms with van der Waals surface area (Å²) in [5.41, 5.74) is 0.584. The molecule has 3 heterocycles. The van der Waals surface area contributed by atoms with Crippen molar-refractivity contribution in [1.29, 1.82) is 0 Å². The summed E-state index contributed by atoms with van der Waals surface area (Å²) in [4.78, 5) is 38.9. The highest BCUT2D eigenvalue weighted by molar-refractivity contribution is 5.84. The second-order valence-corrected chi connectivity index (χ2v) is 6.90. The van der Waals surface area contributed by atoms with Crippen LogP contribution in [0.25, 0.3) is 0 Å². The van der Waals surface area contributed by atoms with E-state index in [4.69, 9.17) is 0 Å². The molecule has 0 saturated carbocycles. The van der Waals surface area contributed by atoms with Gasteiger partial charge in [-0.1, -0.05) is 0 Å². The van der Waals surface area contributed by atoms with Crippen molar-refractivity contribution in [2.24, 2.45) is 0 Å². The molecule has 2 aromatic heterocycles. The average molecular weight is 357 g/mol. The van der Waals surface area contributed by atoms with E-state index in [-0.39, 0.29) is 17.9 Å². The van der Waals surface area contributed by atoms with Gasteiger partial charge in [0.15, 0.2) is 0 Å². The first-order chi connectivity index (χ1) is 12.4. The summed E-state index contributed by atoms with van der Waals surface area (Å²) < 4.78 is 1.57. The molecule has 1 aliphatic rings. The van der Waals surface area contributed by atoms with Crippen molar-refractivity contribution >= 4 is 11.8 Å². The minimum absolute atomic E-state index is 0.0282. The van der Waals surface area contributed by atoms with E-state index in [0.717, 1.165) is 18.5 Å². The molecule has 0 spiro atoms. The summed E-state index contributed by atoms with van der Waals surface area (Å²) in [6.45, 7) is 6.11. The number of nitrogens with one attached hydrogen (secondary N) is 1. The first-order valence-electron chi connectivity index (χ1n) is 8.61. The second-order valence-electron chi connectivity index (χ2n) is 6.90. The summed E-state index contributed by atoms with van der Waals surface area (Å²) in [7, 11) is 0. The highest BCUT2D eigenvalue weighted by Gasteiger charge is 2.40. The average Bonchev–Trinajstić information content (AvgIpc) is 3.31. The Balaban J connectivity index is 1.81. The molecule has 26 heavy (non-hydrogen) atoms. The van der Waals surface area contributed by atoms with Crippen LogP contribution in [0, 0.1) is 0 Å². The maximum Gasteiger partial charge on any atom is 0.250 e. The predicted molar refractivity (Wildman–Crippen MR) is 92.6 cm³/mol. The largest absolute Gasteiger partial charge is 0.351 e. The maximum atomic E-state index is 13.2. The van der Waals surface area contributed by atoms with E-state index >= 15 is 0 Å². The smallest absolute Gasteiger partial charge is 0.250 e. The number of hydrogen-bond donors (Lipinski definition) is 1. The summed E-state index contributed by atoms with van der Waals surface area (Å²) in [6.07, 6.45) is 8.03. The summed E-state index contributed by atoms with van der Waals surface area (Å²) in [5, 5.41) is 6.84. The molecule has 0 unspecified atom stereocenters. The normalized spacial score (nSPS) is 17.3.